The highest BCUT2D eigenvalue weighted by Gasteiger charge is 2.60. The summed E-state index contributed by atoms with van der Waals surface area (Å²) in [4.78, 5) is 29.3. The third-order valence-electron chi connectivity index (χ3n) is 1.81. The highest BCUT2D eigenvalue weighted by Crippen LogP contribution is 2.17. The summed E-state index contributed by atoms with van der Waals surface area (Å²) in [7, 11) is -7.21. The maximum absolute atomic E-state index is 9.92. The Morgan fingerprint density at radius 2 is 0.722 bits per heavy atom. The fraction of sp³-hybridized carbons (Fsp3) is 1.00. The lowest BCUT2D eigenvalue weighted by molar-refractivity contribution is -0.0268. The molecule has 110 valence electrons. The number of rotatable bonds is 9. The van der Waals surface area contributed by atoms with Crippen LogP contribution < -0.4 is 0 Å². The lowest BCUT2D eigenvalue weighted by Gasteiger charge is -2.31. The largest absolute Gasteiger partial charge is 0.670 e. The van der Waals surface area contributed by atoms with Crippen LogP contribution in [0, 0.1) is 0 Å². The van der Waals surface area contributed by atoms with E-state index >= 15 is 0 Å². The van der Waals surface area contributed by atoms with Crippen molar-refractivity contribution in [1.82, 2.24) is 0 Å². The van der Waals surface area contributed by atoms with E-state index in [-0.39, 0.29) is 0 Å². The topological polar surface area (TPSA) is 125 Å². The van der Waals surface area contributed by atoms with Gasteiger partial charge in [0.1, 0.15) is 0 Å². The van der Waals surface area contributed by atoms with Crippen LogP contribution >= 0.6 is 0 Å². The SMILES string of the molecule is CO[Si](O)(OC)O[Si](O)(OC)O[Si](O)(OC)OC. The molecule has 0 aliphatic carbocycles. The molecule has 0 aliphatic heterocycles. The Balaban J connectivity index is 4.91. The van der Waals surface area contributed by atoms with Gasteiger partial charge in [0.15, 0.2) is 0 Å². The molecule has 0 heterocycles. The van der Waals surface area contributed by atoms with Gasteiger partial charge in [0.05, 0.1) is 0 Å². The summed E-state index contributed by atoms with van der Waals surface area (Å²) in [5.74, 6) is 0. The van der Waals surface area contributed by atoms with Crippen LogP contribution in [-0.2, 0) is 30.4 Å². The molecule has 13 heteroatoms. The molecule has 0 radical (unpaired) electrons. The van der Waals surface area contributed by atoms with Gasteiger partial charge >= 0.3 is 27.1 Å². The first-order chi connectivity index (χ1) is 8.22. The van der Waals surface area contributed by atoms with Crippen molar-refractivity contribution in [2.75, 3.05) is 35.5 Å². The maximum Gasteiger partial charge on any atom is 0.670 e. The molecule has 18 heavy (non-hydrogen) atoms. The molecule has 0 aromatic heterocycles. The zero-order valence-electron chi connectivity index (χ0n) is 10.7. The van der Waals surface area contributed by atoms with Gasteiger partial charge in [0.25, 0.3) is 0 Å². The molecule has 0 atom stereocenters. The van der Waals surface area contributed by atoms with E-state index in [1.54, 1.807) is 0 Å². The minimum Gasteiger partial charge on any atom is -0.368 e. The van der Waals surface area contributed by atoms with Crippen LogP contribution in [0.5, 0.6) is 0 Å². The third kappa shape index (κ3) is 5.09. The Kier molecular flexibility index (Phi) is 7.24. The van der Waals surface area contributed by atoms with Crippen molar-refractivity contribution in [2.24, 2.45) is 0 Å². The first-order valence-corrected chi connectivity index (χ1v) is 9.57. The maximum atomic E-state index is 9.92. The van der Waals surface area contributed by atoms with Gasteiger partial charge in [-0.2, -0.15) is 0 Å². The third-order valence-corrected chi connectivity index (χ3v) is 8.51. The number of hydrogen-bond acceptors (Lipinski definition) is 10. The summed E-state index contributed by atoms with van der Waals surface area (Å²) in [6, 6.07) is 0. The quantitative estimate of drug-likeness (QED) is 0.393. The van der Waals surface area contributed by atoms with Crippen LogP contribution in [0.4, 0.5) is 0 Å². The van der Waals surface area contributed by atoms with E-state index < -0.39 is 27.1 Å². The van der Waals surface area contributed by atoms with Gasteiger partial charge in [0.2, 0.25) is 0 Å². The molecule has 0 aliphatic rings. The predicted octanol–water partition coefficient (Wildman–Crippen LogP) is -2.46. The molecule has 0 aromatic rings. The Morgan fingerprint density at radius 3 is 0.889 bits per heavy atom. The lowest BCUT2D eigenvalue weighted by atomic mass is 11.8. The fourth-order valence-corrected chi connectivity index (χ4v) is 6.25. The first-order valence-electron chi connectivity index (χ1n) is 4.55. The molecule has 0 rings (SSSR count). The Labute approximate surface area is 108 Å². The van der Waals surface area contributed by atoms with Gasteiger partial charge in [-0.15, -0.1) is 0 Å². The van der Waals surface area contributed by atoms with E-state index in [2.05, 4.69) is 22.1 Å². The molecular formula is C5H18O10Si3. The second kappa shape index (κ2) is 7.14. The summed E-state index contributed by atoms with van der Waals surface area (Å²) in [5, 5.41) is 0. The molecule has 0 bridgehead atoms. The van der Waals surface area contributed by atoms with Gasteiger partial charge in [-0.05, 0) is 0 Å². The molecule has 0 saturated heterocycles. The second-order valence-corrected chi connectivity index (χ2v) is 9.61. The van der Waals surface area contributed by atoms with E-state index in [1.165, 1.54) is 0 Å². The van der Waals surface area contributed by atoms with Crippen molar-refractivity contribution in [1.29, 1.82) is 0 Å². The summed E-state index contributed by atoms with van der Waals surface area (Å²) >= 11 is 0. The second-order valence-electron chi connectivity index (χ2n) is 2.80. The standard InChI is InChI=1S/C5H18O10Si3/c1-9-16(6,10-2)14-18(8,13-5)15-17(7,11-3)12-4/h6-8H,1-5H3. The van der Waals surface area contributed by atoms with Crippen molar-refractivity contribution < 1.29 is 44.7 Å². The van der Waals surface area contributed by atoms with E-state index in [1.807, 2.05) is 0 Å². The van der Waals surface area contributed by atoms with Crippen LogP contribution in [-0.4, -0.2) is 77.1 Å². The van der Waals surface area contributed by atoms with Crippen molar-refractivity contribution in [3.63, 3.8) is 0 Å². The molecule has 10 nitrogen and oxygen atoms in total. The van der Waals surface area contributed by atoms with Crippen LogP contribution in [0.3, 0.4) is 0 Å². The molecule has 0 amide bonds. The molecule has 0 spiro atoms. The van der Waals surface area contributed by atoms with Crippen molar-refractivity contribution in [2.45, 2.75) is 0 Å². The van der Waals surface area contributed by atoms with Crippen LogP contribution in [0.15, 0.2) is 0 Å². The molecule has 0 unspecified atom stereocenters. The zero-order chi connectivity index (χ0) is 14.4. The molecule has 3 N–H and O–H groups in total. The summed E-state index contributed by atoms with van der Waals surface area (Å²) in [6.45, 7) is 0. The van der Waals surface area contributed by atoms with Crippen LogP contribution in [0.1, 0.15) is 0 Å². The summed E-state index contributed by atoms with van der Waals surface area (Å²) < 4.78 is 32.5. The van der Waals surface area contributed by atoms with Gasteiger partial charge in [-0.3, -0.25) is 0 Å². The van der Waals surface area contributed by atoms with Crippen molar-refractivity contribution in [3.05, 3.63) is 0 Å². The average Bonchev–Trinajstić information content (AvgIpc) is 2.38. The van der Waals surface area contributed by atoms with Gasteiger partial charge in [0, 0.05) is 35.5 Å². The molecule has 0 aromatic carbocycles. The smallest absolute Gasteiger partial charge is 0.368 e. The Morgan fingerprint density at radius 1 is 0.500 bits per heavy atom. The van der Waals surface area contributed by atoms with Crippen LogP contribution in [0.25, 0.3) is 0 Å². The normalized spacial score (nSPS) is 14.0. The monoisotopic (exact) mass is 322 g/mol. The van der Waals surface area contributed by atoms with Gasteiger partial charge in [-0.1, -0.05) is 0 Å². The Hall–Kier alpha value is 0.251. The fourth-order valence-electron chi connectivity index (χ4n) is 0.763. The highest BCUT2D eigenvalue weighted by molar-refractivity contribution is 6.72. The Bertz CT molecular complexity index is 224. The lowest BCUT2D eigenvalue weighted by Crippen LogP contribution is -2.64. The van der Waals surface area contributed by atoms with E-state index in [0.717, 1.165) is 35.5 Å². The average molecular weight is 322 g/mol. The minimum atomic E-state index is -4.45. The zero-order valence-corrected chi connectivity index (χ0v) is 13.7. The van der Waals surface area contributed by atoms with Crippen molar-refractivity contribution in [3.8, 4) is 0 Å². The summed E-state index contributed by atoms with van der Waals surface area (Å²) in [5.41, 5.74) is 0. The molecular weight excluding hydrogens is 304 g/mol. The van der Waals surface area contributed by atoms with Crippen molar-refractivity contribution >= 4 is 27.1 Å². The van der Waals surface area contributed by atoms with Crippen LogP contribution in [0.2, 0.25) is 0 Å². The summed E-state index contributed by atoms with van der Waals surface area (Å²) in [6.07, 6.45) is 0. The molecule has 0 saturated carbocycles. The van der Waals surface area contributed by atoms with E-state index in [9.17, 15) is 14.4 Å². The van der Waals surface area contributed by atoms with Gasteiger partial charge < -0.3 is 44.7 Å². The predicted molar refractivity (Wildman–Crippen MR) is 61.1 cm³/mol. The highest BCUT2D eigenvalue weighted by atomic mass is 28.5. The minimum absolute atomic E-state index is 1.05. The number of hydrogen-bond donors (Lipinski definition) is 3. The van der Waals surface area contributed by atoms with E-state index in [4.69, 9.17) is 8.23 Å². The molecule has 0 fully saturated rings. The first kappa shape index (κ1) is 18.3. The van der Waals surface area contributed by atoms with E-state index in [0.29, 0.717) is 0 Å². The van der Waals surface area contributed by atoms with Gasteiger partial charge in [-0.25, -0.2) is 0 Å².